The number of aryl methyl sites for hydroxylation is 2. The molecular weight excluding hydrogens is 260 g/mol. The lowest BCUT2D eigenvalue weighted by Gasteiger charge is -2.12. The van der Waals surface area contributed by atoms with Crippen molar-refractivity contribution < 1.29 is 9.53 Å². The Morgan fingerprint density at radius 3 is 2.43 bits per heavy atom. The van der Waals surface area contributed by atoms with Gasteiger partial charge in [-0.2, -0.15) is 0 Å². The highest BCUT2D eigenvalue weighted by Crippen LogP contribution is 2.27. The van der Waals surface area contributed by atoms with E-state index >= 15 is 0 Å². The number of hydrogen-bond donors (Lipinski definition) is 0. The van der Waals surface area contributed by atoms with Crippen LogP contribution >= 0.6 is 0 Å². The highest BCUT2D eigenvalue weighted by molar-refractivity contribution is 5.99. The molecule has 0 spiro atoms. The second-order valence-electron chi connectivity index (χ2n) is 5.35. The van der Waals surface area contributed by atoms with Crippen LogP contribution in [0, 0.1) is 13.8 Å². The fraction of sp³-hybridized carbons (Fsp3) is 0.316. The van der Waals surface area contributed by atoms with Gasteiger partial charge < -0.3 is 4.74 Å². The molecule has 0 amide bonds. The van der Waals surface area contributed by atoms with Gasteiger partial charge in [0, 0.05) is 6.42 Å². The Kier molecular flexibility index (Phi) is 5.15. The largest absolute Gasteiger partial charge is 0.496 e. The fourth-order valence-electron chi connectivity index (χ4n) is 2.51. The van der Waals surface area contributed by atoms with Crippen LogP contribution in [0.4, 0.5) is 0 Å². The number of Topliss-reactive ketones (excluding diaryl/α,β-unsaturated/α-hetero) is 1. The van der Waals surface area contributed by atoms with E-state index in [0.29, 0.717) is 12.0 Å². The lowest BCUT2D eigenvalue weighted by Crippen LogP contribution is -2.05. The lowest BCUT2D eigenvalue weighted by atomic mass is 9.98. The Hall–Kier alpha value is -2.09. The number of carbonyl (C=O) groups excluding carboxylic acids is 1. The van der Waals surface area contributed by atoms with Crippen molar-refractivity contribution in [3.63, 3.8) is 0 Å². The predicted molar refractivity (Wildman–Crippen MR) is 86.2 cm³/mol. The molecule has 21 heavy (non-hydrogen) atoms. The normalized spacial score (nSPS) is 10.4. The topological polar surface area (TPSA) is 26.3 Å². The fourth-order valence-corrected chi connectivity index (χ4v) is 2.51. The van der Waals surface area contributed by atoms with Gasteiger partial charge in [-0.15, -0.1) is 0 Å². The molecule has 0 fully saturated rings. The summed E-state index contributed by atoms with van der Waals surface area (Å²) < 4.78 is 5.42. The number of ketones is 1. The Balaban J connectivity index is 2.02. The van der Waals surface area contributed by atoms with Crippen LogP contribution in [-0.4, -0.2) is 12.9 Å². The van der Waals surface area contributed by atoms with Gasteiger partial charge in [0.25, 0.3) is 0 Å². The summed E-state index contributed by atoms with van der Waals surface area (Å²) in [4.78, 5) is 12.4. The van der Waals surface area contributed by atoms with Crippen LogP contribution in [0.2, 0.25) is 0 Å². The number of ether oxygens (including phenoxy) is 1. The van der Waals surface area contributed by atoms with Gasteiger partial charge in [-0.3, -0.25) is 4.79 Å². The standard InChI is InChI=1S/C19H22O2/c1-14-12-13-17(19(21-3)15(14)2)18(20)11-7-10-16-8-5-4-6-9-16/h4-6,8-9,12-13H,7,10-11H2,1-3H3. The Bertz CT molecular complexity index is 615. The van der Waals surface area contributed by atoms with Crippen molar-refractivity contribution in [3.05, 3.63) is 64.7 Å². The summed E-state index contributed by atoms with van der Waals surface area (Å²) in [6.07, 6.45) is 2.34. The molecule has 0 aliphatic heterocycles. The van der Waals surface area contributed by atoms with E-state index in [0.717, 1.165) is 29.7 Å². The van der Waals surface area contributed by atoms with Gasteiger partial charge in [0.2, 0.25) is 0 Å². The van der Waals surface area contributed by atoms with Crippen LogP contribution in [0.25, 0.3) is 0 Å². The zero-order valence-electron chi connectivity index (χ0n) is 13.0. The van der Waals surface area contributed by atoms with Crippen molar-refractivity contribution in [2.45, 2.75) is 33.1 Å². The van der Waals surface area contributed by atoms with E-state index in [9.17, 15) is 4.79 Å². The molecule has 0 aliphatic rings. The summed E-state index contributed by atoms with van der Waals surface area (Å²) >= 11 is 0. The van der Waals surface area contributed by atoms with Gasteiger partial charge in [0.05, 0.1) is 12.7 Å². The molecule has 2 nitrogen and oxygen atoms in total. The molecular formula is C19H22O2. The molecule has 0 saturated heterocycles. The highest BCUT2D eigenvalue weighted by Gasteiger charge is 2.15. The molecule has 0 heterocycles. The summed E-state index contributed by atoms with van der Waals surface area (Å²) in [5.74, 6) is 0.880. The average molecular weight is 282 g/mol. The van der Waals surface area contributed by atoms with E-state index in [1.165, 1.54) is 5.56 Å². The molecule has 2 aromatic rings. The predicted octanol–water partition coefficient (Wildman–Crippen LogP) is 4.52. The number of rotatable bonds is 6. The zero-order chi connectivity index (χ0) is 15.2. The molecule has 2 rings (SSSR count). The first-order valence-electron chi connectivity index (χ1n) is 7.34. The van der Waals surface area contributed by atoms with Crippen molar-refractivity contribution in [2.75, 3.05) is 7.11 Å². The number of hydrogen-bond acceptors (Lipinski definition) is 2. The quantitative estimate of drug-likeness (QED) is 0.728. The van der Waals surface area contributed by atoms with Gasteiger partial charge in [-0.05, 0) is 49.4 Å². The Morgan fingerprint density at radius 2 is 1.76 bits per heavy atom. The zero-order valence-corrected chi connectivity index (χ0v) is 13.0. The van der Waals surface area contributed by atoms with E-state index in [1.54, 1.807) is 7.11 Å². The van der Waals surface area contributed by atoms with Gasteiger partial charge in [-0.25, -0.2) is 0 Å². The van der Waals surface area contributed by atoms with Gasteiger partial charge in [0.15, 0.2) is 5.78 Å². The molecule has 110 valence electrons. The molecule has 2 heteroatoms. The van der Waals surface area contributed by atoms with Crippen LogP contribution in [0.3, 0.4) is 0 Å². The van der Waals surface area contributed by atoms with Crippen molar-refractivity contribution >= 4 is 5.78 Å². The maximum Gasteiger partial charge on any atom is 0.166 e. The molecule has 2 aromatic carbocycles. The number of carbonyl (C=O) groups is 1. The van der Waals surface area contributed by atoms with Crippen molar-refractivity contribution in [1.29, 1.82) is 0 Å². The van der Waals surface area contributed by atoms with E-state index in [-0.39, 0.29) is 5.78 Å². The van der Waals surface area contributed by atoms with Crippen LogP contribution in [-0.2, 0) is 6.42 Å². The van der Waals surface area contributed by atoms with Crippen molar-refractivity contribution in [3.8, 4) is 5.75 Å². The van der Waals surface area contributed by atoms with Gasteiger partial charge in [-0.1, -0.05) is 36.4 Å². The second-order valence-corrected chi connectivity index (χ2v) is 5.35. The molecule has 0 unspecified atom stereocenters. The third-order valence-corrected chi connectivity index (χ3v) is 3.89. The summed E-state index contributed by atoms with van der Waals surface area (Å²) in [6.45, 7) is 4.02. The van der Waals surface area contributed by atoms with E-state index in [1.807, 2.05) is 44.2 Å². The minimum absolute atomic E-state index is 0.158. The molecule has 0 N–H and O–H groups in total. The van der Waals surface area contributed by atoms with Crippen LogP contribution in [0.5, 0.6) is 5.75 Å². The summed E-state index contributed by atoms with van der Waals surface area (Å²) in [5.41, 5.74) is 4.17. The maximum absolute atomic E-state index is 12.4. The molecule has 0 saturated carbocycles. The third-order valence-electron chi connectivity index (χ3n) is 3.89. The first kappa shape index (κ1) is 15.3. The van der Waals surface area contributed by atoms with Gasteiger partial charge in [0.1, 0.15) is 5.75 Å². The van der Waals surface area contributed by atoms with E-state index in [4.69, 9.17) is 4.74 Å². The monoisotopic (exact) mass is 282 g/mol. The minimum atomic E-state index is 0.158. The number of methoxy groups -OCH3 is 1. The SMILES string of the molecule is COc1c(C(=O)CCCc2ccccc2)ccc(C)c1C. The summed E-state index contributed by atoms with van der Waals surface area (Å²) in [6, 6.07) is 14.1. The summed E-state index contributed by atoms with van der Waals surface area (Å²) in [5, 5.41) is 0. The molecule has 0 bridgehead atoms. The highest BCUT2D eigenvalue weighted by atomic mass is 16.5. The third kappa shape index (κ3) is 3.72. The number of benzene rings is 2. The van der Waals surface area contributed by atoms with Crippen molar-refractivity contribution in [1.82, 2.24) is 0 Å². The van der Waals surface area contributed by atoms with E-state index in [2.05, 4.69) is 12.1 Å². The second kappa shape index (κ2) is 7.07. The smallest absolute Gasteiger partial charge is 0.166 e. The maximum atomic E-state index is 12.4. The lowest BCUT2D eigenvalue weighted by molar-refractivity contribution is 0.0977. The molecule has 0 atom stereocenters. The van der Waals surface area contributed by atoms with Crippen LogP contribution < -0.4 is 4.74 Å². The molecule has 0 radical (unpaired) electrons. The van der Waals surface area contributed by atoms with E-state index < -0.39 is 0 Å². The van der Waals surface area contributed by atoms with Gasteiger partial charge >= 0.3 is 0 Å². The van der Waals surface area contributed by atoms with Crippen LogP contribution in [0.15, 0.2) is 42.5 Å². The van der Waals surface area contributed by atoms with Crippen molar-refractivity contribution in [2.24, 2.45) is 0 Å². The van der Waals surface area contributed by atoms with Crippen LogP contribution in [0.1, 0.15) is 39.9 Å². The first-order valence-corrected chi connectivity index (χ1v) is 7.34. The average Bonchev–Trinajstić information content (AvgIpc) is 2.50. The summed E-state index contributed by atoms with van der Waals surface area (Å²) in [7, 11) is 1.63. The molecule has 0 aromatic heterocycles. The Morgan fingerprint density at radius 1 is 1.05 bits per heavy atom. The first-order chi connectivity index (χ1) is 10.1. The molecule has 0 aliphatic carbocycles. The Labute approximate surface area is 126 Å². The minimum Gasteiger partial charge on any atom is -0.496 e.